The quantitative estimate of drug-likeness (QED) is 0.291. The van der Waals surface area contributed by atoms with Crippen LogP contribution in [-0.4, -0.2) is 23.0 Å². The van der Waals surface area contributed by atoms with Crippen LogP contribution in [0.25, 0.3) is 23.1 Å². The van der Waals surface area contributed by atoms with Gasteiger partial charge in [0.05, 0.1) is 17.7 Å². The maximum Gasteiger partial charge on any atom is 0.308 e. The van der Waals surface area contributed by atoms with Crippen molar-refractivity contribution in [2.24, 2.45) is 0 Å². The minimum Gasteiger partial charge on any atom is -0.496 e. The largest absolute Gasteiger partial charge is 0.496 e. The van der Waals surface area contributed by atoms with Gasteiger partial charge in [-0.25, -0.2) is 4.98 Å². The molecule has 0 unspecified atom stereocenters. The molecule has 2 aromatic carbocycles. The minimum atomic E-state index is -0.462. The smallest absolute Gasteiger partial charge is 0.308 e. The Kier molecular flexibility index (Phi) is 5.12. The first-order valence-corrected chi connectivity index (χ1v) is 8.06. The number of nitro groups is 1. The number of hydrogen-bond donors (Lipinski definition) is 0. The average molecular weight is 364 g/mol. The number of methoxy groups -OCH3 is 1. The van der Waals surface area contributed by atoms with Crippen LogP contribution in [0.2, 0.25) is 0 Å². The molecular weight excluding hydrogens is 348 g/mol. The van der Waals surface area contributed by atoms with E-state index in [9.17, 15) is 14.9 Å². The summed E-state index contributed by atoms with van der Waals surface area (Å²) in [5, 5.41) is 11.8. The zero-order chi connectivity index (χ0) is 19.4. The first-order valence-electron chi connectivity index (χ1n) is 8.06. The van der Waals surface area contributed by atoms with Crippen molar-refractivity contribution >= 4 is 34.7 Å². The number of para-hydroxylation sites is 1. The second-order valence-electron chi connectivity index (χ2n) is 5.67. The van der Waals surface area contributed by atoms with Gasteiger partial charge in [-0.2, -0.15) is 0 Å². The number of nitro benzene ring substituents is 1. The Morgan fingerprint density at radius 3 is 2.63 bits per heavy atom. The molecule has 0 aliphatic rings. The molecule has 27 heavy (non-hydrogen) atoms. The maximum absolute atomic E-state index is 11.3. The van der Waals surface area contributed by atoms with Gasteiger partial charge >= 0.3 is 5.97 Å². The van der Waals surface area contributed by atoms with E-state index >= 15 is 0 Å². The number of carbonyl (C=O) groups excluding carboxylic acids is 1. The van der Waals surface area contributed by atoms with Gasteiger partial charge in [-0.05, 0) is 30.4 Å². The molecule has 0 aliphatic heterocycles. The second-order valence-corrected chi connectivity index (χ2v) is 5.67. The van der Waals surface area contributed by atoms with Gasteiger partial charge in [-0.15, -0.1) is 0 Å². The highest BCUT2D eigenvalue weighted by molar-refractivity contribution is 5.88. The third-order valence-corrected chi connectivity index (χ3v) is 3.82. The molecule has 0 saturated carbocycles. The number of rotatable bonds is 5. The van der Waals surface area contributed by atoms with Crippen LogP contribution in [0.5, 0.6) is 11.5 Å². The highest BCUT2D eigenvalue weighted by atomic mass is 16.6. The van der Waals surface area contributed by atoms with Crippen molar-refractivity contribution in [1.29, 1.82) is 0 Å². The van der Waals surface area contributed by atoms with E-state index in [1.807, 2.05) is 12.1 Å². The number of carbonyl (C=O) groups is 1. The molecule has 3 aromatic rings. The Hall–Kier alpha value is -3.74. The molecule has 0 N–H and O–H groups in total. The van der Waals surface area contributed by atoms with Crippen LogP contribution < -0.4 is 9.47 Å². The van der Waals surface area contributed by atoms with E-state index in [-0.39, 0.29) is 5.69 Å². The summed E-state index contributed by atoms with van der Waals surface area (Å²) in [7, 11) is 1.50. The van der Waals surface area contributed by atoms with Gasteiger partial charge in [0, 0.05) is 30.0 Å². The Labute approximate surface area is 155 Å². The standard InChI is InChI=1S/C20H16N2O5/c1-13(23)27-19-5-3-4-14-6-8-16(21-20(14)19)9-7-15-12-17(22(24)25)10-11-18(15)26-2/h3-12H,1-2H3/b9-7+. The van der Waals surface area contributed by atoms with E-state index in [0.717, 1.165) is 5.39 Å². The van der Waals surface area contributed by atoms with Gasteiger partial charge in [-0.1, -0.05) is 18.2 Å². The number of hydrogen-bond acceptors (Lipinski definition) is 6. The predicted molar refractivity (Wildman–Crippen MR) is 102 cm³/mol. The number of pyridine rings is 1. The molecule has 3 rings (SSSR count). The number of ether oxygens (including phenoxy) is 2. The highest BCUT2D eigenvalue weighted by Gasteiger charge is 2.10. The van der Waals surface area contributed by atoms with Gasteiger partial charge in [0.15, 0.2) is 5.75 Å². The van der Waals surface area contributed by atoms with E-state index in [1.54, 1.807) is 36.4 Å². The molecule has 1 heterocycles. The average Bonchev–Trinajstić information content (AvgIpc) is 2.66. The fourth-order valence-electron chi connectivity index (χ4n) is 2.61. The van der Waals surface area contributed by atoms with E-state index in [1.165, 1.54) is 26.2 Å². The van der Waals surface area contributed by atoms with Gasteiger partial charge in [0.2, 0.25) is 0 Å². The summed E-state index contributed by atoms with van der Waals surface area (Å²) >= 11 is 0. The van der Waals surface area contributed by atoms with Crippen molar-refractivity contribution < 1.29 is 19.2 Å². The number of fused-ring (bicyclic) bond motifs is 1. The van der Waals surface area contributed by atoms with E-state index in [0.29, 0.717) is 28.3 Å². The van der Waals surface area contributed by atoms with Crippen LogP contribution >= 0.6 is 0 Å². The molecule has 0 aliphatic carbocycles. The summed E-state index contributed by atoms with van der Waals surface area (Å²) in [6.45, 7) is 1.33. The lowest BCUT2D eigenvalue weighted by atomic mass is 10.1. The topological polar surface area (TPSA) is 91.6 Å². The zero-order valence-corrected chi connectivity index (χ0v) is 14.7. The predicted octanol–water partition coefficient (Wildman–Crippen LogP) is 4.25. The molecule has 0 radical (unpaired) electrons. The SMILES string of the molecule is COc1ccc([N+](=O)[O-])cc1/C=C/c1ccc2cccc(OC(C)=O)c2n1. The molecule has 0 fully saturated rings. The highest BCUT2D eigenvalue weighted by Crippen LogP contribution is 2.27. The summed E-state index contributed by atoms with van der Waals surface area (Å²) in [5.41, 5.74) is 1.69. The van der Waals surface area contributed by atoms with Gasteiger partial charge in [0.1, 0.15) is 11.3 Å². The second kappa shape index (κ2) is 7.65. The number of aromatic nitrogens is 1. The van der Waals surface area contributed by atoms with Crippen molar-refractivity contribution in [2.75, 3.05) is 7.11 Å². The summed E-state index contributed by atoms with van der Waals surface area (Å²) in [6.07, 6.45) is 3.40. The molecule has 0 bridgehead atoms. The molecule has 7 nitrogen and oxygen atoms in total. The molecule has 7 heteroatoms. The van der Waals surface area contributed by atoms with Crippen LogP contribution in [0.1, 0.15) is 18.2 Å². The Morgan fingerprint density at radius 2 is 1.93 bits per heavy atom. The van der Waals surface area contributed by atoms with Crippen LogP contribution in [0.15, 0.2) is 48.5 Å². The fourth-order valence-corrected chi connectivity index (χ4v) is 2.61. The molecule has 0 atom stereocenters. The summed E-state index contributed by atoms with van der Waals surface area (Å²) in [5.74, 6) is 0.466. The maximum atomic E-state index is 11.3. The zero-order valence-electron chi connectivity index (χ0n) is 14.7. The molecular formula is C20H16N2O5. The Morgan fingerprint density at radius 1 is 1.11 bits per heavy atom. The summed E-state index contributed by atoms with van der Waals surface area (Å²) in [6, 6.07) is 13.4. The van der Waals surface area contributed by atoms with Crippen LogP contribution in [-0.2, 0) is 4.79 Å². The van der Waals surface area contributed by atoms with E-state index < -0.39 is 10.9 Å². The van der Waals surface area contributed by atoms with Crippen molar-refractivity contribution in [3.8, 4) is 11.5 Å². The Balaban J connectivity index is 2.00. The van der Waals surface area contributed by atoms with Crippen molar-refractivity contribution in [3.05, 3.63) is 69.9 Å². The molecule has 136 valence electrons. The van der Waals surface area contributed by atoms with Crippen LogP contribution in [0, 0.1) is 10.1 Å². The minimum absolute atomic E-state index is 0.0286. The Bertz CT molecular complexity index is 1060. The van der Waals surface area contributed by atoms with Gasteiger partial charge < -0.3 is 9.47 Å². The van der Waals surface area contributed by atoms with Crippen LogP contribution in [0.4, 0.5) is 5.69 Å². The first-order chi connectivity index (χ1) is 13.0. The first kappa shape index (κ1) is 18.1. The lowest BCUT2D eigenvalue weighted by Crippen LogP contribution is -2.02. The lowest BCUT2D eigenvalue weighted by Gasteiger charge is -2.06. The molecule has 0 amide bonds. The number of esters is 1. The fraction of sp³-hybridized carbons (Fsp3) is 0.100. The van der Waals surface area contributed by atoms with E-state index in [4.69, 9.17) is 9.47 Å². The number of benzene rings is 2. The normalized spacial score (nSPS) is 10.9. The van der Waals surface area contributed by atoms with Gasteiger partial charge in [-0.3, -0.25) is 14.9 Å². The lowest BCUT2D eigenvalue weighted by molar-refractivity contribution is -0.384. The molecule has 0 spiro atoms. The van der Waals surface area contributed by atoms with Crippen LogP contribution in [0.3, 0.4) is 0 Å². The number of nitrogens with zero attached hydrogens (tertiary/aromatic N) is 2. The number of non-ortho nitro benzene ring substituents is 1. The summed E-state index contributed by atoms with van der Waals surface area (Å²) < 4.78 is 10.5. The van der Waals surface area contributed by atoms with Crippen molar-refractivity contribution in [3.63, 3.8) is 0 Å². The molecule has 0 saturated heterocycles. The third kappa shape index (κ3) is 4.09. The summed E-state index contributed by atoms with van der Waals surface area (Å²) in [4.78, 5) is 26.3. The van der Waals surface area contributed by atoms with Gasteiger partial charge in [0.25, 0.3) is 5.69 Å². The monoisotopic (exact) mass is 364 g/mol. The van der Waals surface area contributed by atoms with E-state index in [2.05, 4.69) is 4.98 Å². The van der Waals surface area contributed by atoms with Crippen molar-refractivity contribution in [2.45, 2.75) is 6.92 Å². The third-order valence-electron chi connectivity index (χ3n) is 3.82. The van der Waals surface area contributed by atoms with Crippen molar-refractivity contribution in [1.82, 2.24) is 4.98 Å². The molecule has 1 aromatic heterocycles.